The lowest BCUT2D eigenvalue weighted by Crippen LogP contribution is -2.26. The molecule has 1 aromatic carbocycles. The summed E-state index contributed by atoms with van der Waals surface area (Å²) in [6.45, 7) is 2.21. The molecule has 0 unspecified atom stereocenters. The highest BCUT2D eigenvalue weighted by Gasteiger charge is 2.17. The summed E-state index contributed by atoms with van der Waals surface area (Å²) in [5.74, 6) is -0.241. The van der Waals surface area contributed by atoms with Crippen LogP contribution in [0.4, 0.5) is 10.5 Å². The van der Waals surface area contributed by atoms with E-state index in [2.05, 4.69) is 5.32 Å². The molecule has 0 spiro atoms. The Bertz CT molecular complexity index is 978. The Morgan fingerprint density at radius 2 is 1.93 bits per heavy atom. The molecule has 1 amide bonds. The van der Waals surface area contributed by atoms with Gasteiger partial charge in [-0.3, -0.25) is 14.9 Å². The van der Waals surface area contributed by atoms with Crippen LogP contribution in [0.5, 0.6) is 5.75 Å². The Labute approximate surface area is 168 Å². The Balaban J connectivity index is 2.17. The van der Waals surface area contributed by atoms with Crippen molar-refractivity contribution >= 4 is 23.6 Å². The van der Waals surface area contributed by atoms with Crippen molar-refractivity contribution in [3.05, 3.63) is 63.6 Å². The summed E-state index contributed by atoms with van der Waals surface area (Å²) in [5.41, 5.74) is 1.39. The zero-order chi connectivity index (χ0) is 21.4. The second-order valence-corrected chi connectivity index (χ2v) is 6.17. The average Bonchev–Trinajstić information content (AvgIpc) is 2.70. The van der Waals surface area contributed by atoms with Gasteiger partial charge in [0.05, 0.1) is 13.7 Å². The van der Waals surface area contributed by atoms with Gasteiger partial charge in [0, 0.05) is 31.6 Å². The van der Waals surface area contributed by atoms with Crippen molar-refractivity contribution in [3.8, 4) is 5.75 Å². The number of aryl methyl sites for hydroxylation is 1. The van der Waals surface area contributed by atoms with Gasteiger partial charge in [-0.15, -0.1) is 0 Å². The number of nitrogens with one attached hydrogen (secondary N) is 1. The number of aromatic nitrogens is 1. The van der Waals surface area contributed by atoms with Crippen LogP contribution in [0.3, 0.4) is 0 Å². The summed E-state index contributed by atoms with van der Waals surface area (Å²) < 4.78 is 16.3. The molecule has 1 N–H and O–H groups in total. The van der Waals surface area contributed by atoms with Crippen LogP contribution in [0.2, 0.25) is 0 Å². The summed E-state index contributed by atoms with van der Waals surface area (Å²) in [6.07, 6.45) is 2.25. The van der Waals surface area contributed by atoms with Gasteiger partial charge in [0.1, 0.15) is 17.9 Å². The zero-order valence-corrected chi connectivity index (χ0v) is 16.9. The molecule has 0 bridgehead atoms. The minimum Gasteiger partial charge on any atom is -0.496 e. The molecular formula is C21H24N2O6. The maximum Gasteiger partial charge on any atom is 0.411 e. The van der Waals surface area contributed by atoms with Gasteiger partial charge in [-0.25, -0.2) is 4.79 Å². The minimum absolute atomic E-state index is 0.0344. The number of rotatable bonds is 8. The molecule has 29 heavy (non-hydrogen) atoms. The Morgan fingerprint density at radius 1 is 1.17 bits per heavy atom. The smallest absolute Gasteiger partial charge is 0.411 e. The number of carbonyl (C=O) groups is 2. The third-order valence-corrected chi connectivity index (χ3v) is 4.18. The van der Waals surface area contributed by atoms with Crippen molar-refractivity contribution in [2.75, 3.05) is 32.8 Å². The summed E-state index contributed by atoms with van der Waals surface area (Å²) in [5, 5.41) is 2.59. The molecule has 1 heterocycles. The fourth-order valence-electron chi connectivity index (χ4n) is 2.53. The number of carbonyl (C=O) groups excluding carboxylic acids is 2. The predicted octanol–water partition coefficient (Wildman–Crippen LogP) is 2.79. The molecule has 0 aliphatic heterocycles. The van der Waals surface area contributed by atoms with Crippen LogP contribution in [0.25, 0.3) is 6.08 Å². The number of benzene rings is 1. The van der Waals surface area contributed by atoms with Crippen LogP contribution in [-0.4, -0.2) is 43.9 Å². The fourth-order valence-corrected chi connectivity index (χ4v) is 2.53. The summed E-state index contributed by atoms with van der Waals surface area (Å²) in [6, 6.07) is 8.49. The second-order valence-electron chi connectivity index (χ2n) is 6.17. The molecule has 0 aliphatic rings. The highest BCUT2D eigenvalue weighted by atomic mass is 16.6. The van der Waals surface area contributed by atoms with E-state index >= 15 is 0 Å². The van der Waals surface area contributed by atoms with Gasteiger partial charge in [0.2, 0.25) is 0 Å². The van der Waals surface area contributed by atoms with Crippen molar-refractivity contribution in [2.24, 2.45) is 7.05 Å². The Hall–Kier alpha value is -3.39. The van der Waals surface area contributed by atoms with Gasteiger partial charge >= 0.3 is 6.09 Å². The summed E-state index contributed by atoms with van der Waals surface area (Å²) in [7, 11) is 4.52. The number of nitrogens with zero attached hydrogens (tertiary/aromatic N) is 1. The van der Waals surface area contributed by atoms with Crippen molar-refractivity contribution < 1.29 is 23.8 Å². The molecule has 0 fully saturated rings. The maximum atomic E-state index is 12.6. The average molecular weight is 400 g/mol. The van der Waals surface area contributed by atoms with Gasteiger partial charge < -0.3 is 18.8 Å². The highest BCUT2D eigenvalue weighted by molar-refractivity contribution is 6.08. The third-order valence-electron chi connectivity index (χ3n) is 4.18. The number of ether oxygens (including phenoxy) is 3. The molecule has 0 atom stereocenters. The Kier molecular flexibility index (Phi) is 7.73. The van der Waals surface area contributed by atoms with E-state index in [0.29, 0.717) is 23.6 Å². The normalized spacial score (nSPS) is 10.8. The van der Waals surface area contributed by atoms with Gasteiger partial charge in [0.15, 0.2) is 5.78 Å². The molecule has 2 rings (SSSR count). The molecule has 8 nitrogen and oxygen atoms in total. The van der Waals surface area contributed by atoms with E-state index < -0.39 is 17.4 Å². The molecule has 0 saturated carbocycles. The number of methoxy groups -OCH3 is 2. The van der Waals surface area contributed by atoms with Gasteiger partial charge in [-0.05, 0) is 30.7 Å². The first-order valence-corrected chi connectivity index (χ1v) is 8.87. The lowest BCUT2D eigenvalue weighted by molar-refractivity contribution is 0.104. The SMILES string of the molecule is COCCOC(=O)Nc1cccc(/C=C/C(=O)c2c(OC)cc(C)n(C)c2=O)c1. The first-order valence-electron chi connectivity index (χ1n) is 8.87. The van der Waals surface area contributed by atoms with E-state index in [4.69, 9.17) is 14.2 Å². The van der Waals surface area contributed by atoms with Gasteiger partial charge in [-0.1, -0.05) is 18.2 Å². The monoisotopic (exact) mass is 400 g/mol. The van der Waals surface area contributed by atoms with Crippen LogP contribution >= 0.6 is 0 Å². The molecular weight excluding hydrogens is 376 g/mol. The fraction of sp³-hybridized carbons (Fsp3) is 0.286. The second kappa shape index (κ2) is 10.2. The standard InChI is InChI=1S/C21H24N2O6/c1-14-12-18(28-4)19(20(25)23(14)2)17(24)9-8-15-6-5-7-16(13-15)22-21(26)29-11-10-27-3/h5-9,12-13H,10-11H2,1-4H3,(H,22,26)/b9-8+. The molecule has 1 aromatic heterocycles. The molecule has 0 radical (unpaired) electrons. The Morgan fingerprint density at radius 3 is 2.62 bits per heavy atom. The third kappa shape index (κ3) is 5.79. The quantitative estimate of drug-likeness (QED) is 0.416. The van der Waals surface area contributed by atoms with E-state index in [1.807, 2.05) is 0 Å². The van der Waals surface area contributed by atoms with E-state index in [0.717, 1.165) is 0 Å². The molecule has 154 valence electrons. The predicted molar refractivity (Wildman–Crippen MR) is 110 cm³/mol. The van der Waals surface area contributed by atoms with E-state index in [1.165, 1.54) is 24.9 Å². The van der Waals surface area contributed by atoms with Crippen LogP contribution in [0, 0.1) is 6.92 Å². The van der Waals surface area contributed by atoms with Gasteiger partial charge in [-0.2, -0.15) is 0 Å². The number of hydrogen-bond donors (Lipinski definition) is 1. The summed E-state index contributed by atoms with van der Waals surface area (Å²) in [4.78, 5) is 36.8. The van der Waals surface area contributed by atoms with Crippen molar-refractivity contribution in [1.29, 1.82) is 0 Å². The number of anilines is 1. The molecule has 0 aliphatic carbocycles. The number of amides is 1. The lowest BCUT2D eigenvalue weighted by Gasteiger charge is -2.10. The van der Waals surface area contributed by atoms with Gasteiger partial charge in [0.25, 0.3) is 5.56 Å². The first-order chi connectivity index (χ1) is 13.9. The number of hydrogen-bond acceptors (Lipinski definition) is 6. The van der Waals surface area contributed by atoms with Crippen LogP contribution < -0.4 is 15.6 Å². The van der Waals surface area contributed by atoms with Crippen molar-refractivity contribution in [3.63, 3.8) is 0 Å². The van der Waals surface area contributed by atoms with E-state index in [-0.39, 0.29) is 17.9 Å². The maximum absolute atomic E-state index is 12.6. The van der Waals surface area contributed by atoms with E-state index in [1.54, 1.807) is 50.4 Å². The highest BCUT2D eigenvalue weighted by Crippen LogP contribution is 2.18. The minimum atomic E-state index is -0.604. The van der Waals surface area contributed by atoms with Crippen molar-refractivity contribution in [2.45, 2.75) is 6.92 Å². The zero-order valence-electron chi connectivity index (χ0n) is 16.9. The number of allylic oxidation sites excluding steroid dienone is 1. The van der Waals surface area contributed by atoms with Crippen LogP contribution in [0.1, 0.15) is 21.6 Å². The number of ketones is 1. The molecule has 0 saturated heterocycles. The van der Waals surface area contributed by atoms with E-state index in [9.17, 15) is 14.4 Å². The first kappa shape index (κ1) is 21.9. The molecule has 8 heteroatoms. The topological polar surface area (TPSA) is 95.9 Å². The molecule has 2 aromatic rings. The van der Waals surface area contributed by atoms with Crippen LogP contribution in [0.15, 0.2) is 41.2 Å². The van der Waals surface area contributed by atoms with Crippen LogP contribution in [-0.2, 0) is 16.5 Å². The van der Waals surface area contributed by atoms with Crippen molar-refractivity contribution in [1.82, 2.24) is 4.57 Å². The summed E-state index contributed by atoms with van der Waals surface area (Å²) >= 11 is 0. The largest absolute Gasteiger partial charge is 0.496 e. The number of pyridine rings is 1. The lowest BCUT2D eigenvalue weighted by atomic mass is 10.1.